The molecule has 0 saturated carbocycles. The molecule has 0 aliphatic carbocycles. The van der Waals surface area contributed by atoms with E-state index in [4.69, 9.17) is 27.9 Å². The maximum atomic E-state index is 13.1. The van der Waals surface area contributed by atoms with Gasteiger partial charge in [0.05, 0.1) is 21.7 Å². The SMILES string of the molecule is CN(C)CCN1C(=O)C(=O)/C(=C(\O)c2ccc(Cl)c(Cl)c2)C1c1ccc(OCc2ccccc2)cc1. The Bertz CT molecular complexity index is 1290. The monoisotopic (exact) mass is 524 g/mol. The predicted molar refractivity (Wildman–Crippen MR) is 141 cm³/mol. The van der Waals surface area contributed by atoms with Crippen LogP contribution in [0, 0.1) is 0 Å². The first-order valence-electron chi connectivity index (χ1n) is 11.4. The van der Waals surface area contributed by atoms with Gasteiger partial charge in [0.1, 0.15) is 18.1 Å². The molecule has 0 spiro atoms. The van der Waals surface area contributed by atoms with Gasteiger partial charge in [0, 0.05) is 18.7 Å². The highest BCUT2D eigenvalue weighted by atomic mass is 35.5. The van der Waals surface area contributed by atoms with Gasteiger partial charge in [0.15, 0.2) is 0 Å². The summed E-state index contributed by atoms with van der Waals surface area (Å²) in [6.07, 6.45) is 0. The molecule has 4 rings (SSSR count). The summed E-state index contributed by atoms with van der Waals surface area (Å²) in [5.74, 6) is -1.05. The lowest BCUT2D eigenvalue weighted by atomic mass is 9.95. The molecule has 1 unspecified atom stereocenters. The van der Waals surface area contributed by atoms with E-state index in [1.165, 1.54) is 17.0 Å². The van der Waals surface area contributed by atoms with Gasteiger partial charge in [-0.25, -0.2) is 0 Å². The second-order valence-electron chi connectivity index (χ2n) is 8.77. The molecule has 6 nitrogen and oxygen atoms in total. The molecule has 1 amide bonds. The molecular weight excluding hydrogens is 499 g/mol. The zero-order chi connectivity index (χ0) is 25.8. The topological polar surface area (TPSA) is 70.1 Å². The summed E-state index contributed by atoms with van der Waals surface area (Å²) in [4.78, 5) is 29.6. The van der Waals surface area contributed by atoms with Crippen LogP contribution < -0.4 is 4.74 Å². The van der Waals surface area contributed by atoms with E-state index in [0.29, 0.717) is 41.6 Å². The van der Waals surface area contributed by atoms with Gasteiger partial charge in [-0.1, -0.05) is 65.7 Å². The third-order valence-electron chi connectivity index (χ3n) is 5.97. The molecule has 1 aliphatic heterocycles. The summed E-state index contributed by atoms with van der Waals surface area (Å²) in [6, 6.07) is 20.8. The zero-order valence-electron chi connectivity index (χ0n) is 19.9. The smallest absolute Gasteiger partial charge is 0.295 e. The first-order valence-corrected chi connectivity index (χ1v) is 12.2. The minimum absolute atomic E-state index is 0.00935. The Hall–Kier alpha value is -3.32. The van der Waals surface area contributed by atoms with Gasteiger partial charge in [-0.05, 0) is 55.6 Å². The predicted octanol–water partition coefficient (Wildman–Crippen LogP) is 5.56. The Morgan fingerprint density at radius 3 is 2.31 bits per heavy atom. The number of hydrogen-bond donors (Lipinski definition) is 1. The van der Waals surface area contributed by atoms with Gasteiger partial charge < -0.3 is 19.6 Å². The van der Waals surface area contributed by atoms with Crippen LogP contribution in [0.3, 0.4) is 0 Å². The maximum Gasteiger partial charge on any atom is 0.295 e. The molecule has 3 aromatic carbocycles. The summed E-state index contributed by atoms with van der Waals surface area (Å²) >= 11 is 12.2. The Morgan fingerprint density at radius 1 is 0.972 bits per heavy atom. The number of hydrogen-bond acceptors (Lipinski definition) is 5. The van der Waals surface area contributed by atoms with Gasteiger partial charge in [0.25, 0.3) is 11.7 Å². The molecule has 36 heavy (non-hydrogen) atoms. The normalized spacial score (nSPS) is 17.1. The fourth-order valence-corrected chi connectivity index (χ4v) is 4.35. The Labute approximate surface area is 220 Å². The Morgan fingerprint density at radius 2 is 1.67 bits per heavy atom. The van der Waals surface area contributed by atoms with Crippen LogP contribution in [0.2, 0.25) is 10.0 Å². The number of rotatable bonds is 8. The zero-order valence-corrected chi connectivity index (χ0v) is 21.5. The van der Waals surface area contributed by atoms with Crippen molar-refractivity contribution >= 4 is 40.7 Å². The highest BCUT2D eigenvalue weighted by Crippen LogP contribution is 2.40. The van der Waals surface area contributed by atoms with Crippen LogP contribution >= 0.6 is 23.2 Å². The highest BCUT2D eigenvalue weighted by molar-refractivity contribution is 6.46. The summed E-state index contributed by atoms with van der Waals surface area (Å²) in [6.45, 7) is 1.28. The minimum Gasteiger partial charge on any atom is -0.507 e. The number of halogens is 2. The molecule has 1 atom stereocenters. The molecule has 1 fully saturated rings. The van der Waals surface area contributed by atoms with Crippen molar-refractivity contribution in [3.05, 3.63) is 105 Å². The van der Waals surface area contributed by atoms with Crippen LogP contribution in [0.1, 0.15) is 22.7 Å². The summed E-state index contributed by atoms with van der Waals surface area (Å²) in [7, 11) is 3.78. The number of likely N-dealkylation sites (N-methyl/N-ethyl adjacent to an activating group) is 1. The Balaban J connectivity index is 1.69. The van der Waals surface area contributed by atoms with Crippen molar-refractivity contribution in [3.8, 4) is 5.75 Å². The van der Waals surface area contributed by atoms with Crippen molar-refractivity contribution < 1.29 is 19.4 Å². The fourth-order valence-electron chi connectivity index (χ4n) is 4.05. The van der Waals surface area contributed by atoms with E-state index in [2.05, 4.69) is 0 Å². The number of amides is 1. The Kier molecular flexibility index (Phi) is 7.99. The third kappa shape index (κ3) is 5.57. The van der Waals surface area contributed by atoms with Gasteiger partial charge in [-0.3, -0.25) is 9.59 Å². The maximum absolute atomic E-state index is 13.1. The summed E-state index contributed by atoms with van der Waals surface area (Å²) in [5.41, 5.74) is 2.04. The number of ether oxygens (including phenoxy) is 1. The minimum atomic E-state index is -0.762. The molecule has 8 heteroatoms. The average molecular weight is 525 g/mol. The van der Waals surface area contributed by atoms with Crippen LogP contribution in [0.15, 0.2) is 78.4 Å². The standard InChI is InChI=1S/C28H26Cl2N2O4/c1-31(2)14-15-32-25(19-8-11-21(12-9-19)36-17-18-6-4-3-5-7-18)24(27(34)28(32)35)26(33)20-10-13-22(29)23(30)16-20/h3-13,16,25,33H,14-15,17H2,1-2H3/b26-24-. The molecule has 1 saturated heterocycles. The number of aliphatic hydroxyl groups is 1. The van der Waals surface area contributed by atoms with Crippen LogP contribution in [-0.2, 0) is 16.2 Å². The molecule has 0 radical (unpaired) electrons. The molecule has 3 aromatic rings. The molecular formula is C28H26Cl2N2O4. The van der Waals surface area contributed by atoms with Crippen LogP contribution in [0.5, 0.6) is 5.75 Å². The van der Waals surface area contributed by atoms with E-state index >= 15 is 0 Å². The average Bonchev–Trinajstić information content (AvgIpc) is 3.13. The van der Waals surface area contributed by atoms with Gasteiger partial charge in [-0.15, -0.1) is 0 Å². The third-order valence-corrected chi connectivity index (χ3v) is 6.70. The first kappa shape index (κ1) is 25.8. The number of likely N-dealkylation sites (tertiary alicyclic amines) is 1. The molecule has 1 aliphatic rings. The van der Waals surface area contributed by atoms with E-state index < -0.39 is 17.7 Å². The van der Waals surface area contributed by atoms with Crippen LogP contribution in [0.4, 0.5) is 0 Å². The summed E-state index contributed by atoms with van der Waals surface area (Å²) < 4.78 is 5.88. The number of nitrogens with zero attached hydrogens (tertiary/aromatic N) is 2. The van der Waals surface area contributed by atoms with E-state index in [1.807, 2.05) is 61.5 Å². The summed E-state index contributed by atoms with van der Waals surface area (Å²) in [5, 5.41) is 11.7. The quantitative estimate of drug-likeness (QED) is 0.237. The number of Topliss-reactive ketones (excluding diaryl/α,β-unsaturated/α-hetero) is 1. The second kappa shape index (κ2) is 11.2. The first-order chi connectivity index (χ1) is 17.3. The number of ketones is 1. The largest absolute Gasteiger partial charge is 0.507 e. The van der Waals surface area contributed by atoms with Crippen LogP contribution in [-0.4, -0.2) is 53.8 Å². The number of aliphatic hydroxyl groups excluding tert-OH is 1. The van der Waals surface area contributed by atoms with Crippen molar-refractivity contribution in [1.82, 2.24) is 9.80 Å². The van der Waals surface area contributed by atoms with Gasteiger partial charge in [-0.2, -0.15) is 0 Å². The molecule has 1 heterocycles. The van der Waals surface area contributed by atoms with Gasteiger partial charge >= 0.3 is 0 Å². The van der Waals surface area contributed by atoms with Gasteiger partial charge in [0.2, 0.25) is 0 Å². The van der Waals surface area contributed by atoms with E-state index in [1.54, 1.807) is 18.2 Å². The molecule has 186 valence electrons. The number of carbonyl (C=O) groups excluding carboxylic acids is 2. The molecule has 0 aromatic heterocycles. The van der Waals surface area contributed by atoms with Crippen molar-refractivity contribution in [2.75, 3.05) is 27.2 Å². The van der Waals surface area contributed by atoms with Crippen LogP contribution in [0.25, 0.3) is 5.76 Å². The number of carbonyl (C=O) groups is 2. The number of benzene rings is 3. The van der Waals surface area contributed by atoms with Crippen molar-refractivity contribution in [3.63, 3.8) is 0 Å². The lowest BCUT2D eigenvalue weighted by Crippen LogP contribution is -2.35. The van der Waals surface area contributed by atoms with Crippen molar-refractivity contribution in [1.29, 1.82) is 0 Å². The second-order valence-corrected chi connectivity index (χ2v) is 9.58. The van der Waals surface area contributed by atoms with Crippen molar-refractivity contribution in [2.24, 2.45) is 0 Å². The fraction of sp³-hybridized carbons (Fsp3) is 0.214. The molecule has 1 N–H and O–H groups in total. The highest BCUT2D eigenvalue weighted by Gasteiger charge is 2.45. The van der Waals surface area contributed by atoms with E-state index in [9.17, 15) is 14.7 Å². The lowest BCUT2D eigenvalue weighted by Gasteiger charge is -2.26. The van der Waals surface area contributed by atoms with E-state index in [0.717, 1.165) is 5.56 Å². The van der Waals surface area contributed by atoms with E-state index in [-0.39, 0.29) is 16.4 Å². The van der Waals surface area contributed by atoms with Crippen molar-refractivity contribution in [2.45, 2.75) is 12.6 Å². The lowest BCUT2D eigenvalue weighted by molar-refractivity contribution is -0.140. The molecule has 0 bridgehead atoms.